The molecule has 0 N–H and O–H groups in total. The summed E-state index contributed by atoms with van der Waals surface area (Å²) in [5.41, 5.74) is 1.85. The van der Waals surface area contributed by atoms with Crippen molar-refractivity contribution < 1.29 is 22.3 Å². The Morgan fingerprint density at radius 3 is 2.24 bits per heavy atom. The quantitative estimate of drug-likeness (QED) is 0.194. The fourth-order valence-corrected chi connectivity index (χ4v) is 3.88. The van der Waals surface area contributed by atoms with Crippen molar-refractivity contribution in [3.05, 3.63) is 100 Å². The molecule has 1 nitrogen and oxygen atoms in total. The van der Waals surface area contributed by atoms with Crippen LogP contribution in [0.3, 0.4) is 0 Å². The van der Waals surface area contributed by atoms with E-state index in [4.69, 9.17) is 16.3 Å². The number of benzene rings is 4. The molecule has 4 aromatic rings. The zero-order chi connectivity index (χ0) is 23.5. The summed E-state index contributed by atoms with van der Waals surface area (Å²) in [6.07, 6.45) is 1.34. The molecule has 0 saturated carbocycles. The standard InChI is InChI=1S/C27H21ClF4O/c1-2-11-33-20-8-10-21(23(29)15-20)18-7-9-22-19(14-18)6-5-17(27(22)32)4-3-16-12-24(30)26(28)25(31)13-16/h5-10,12-15H,2-4,11H2,1H3. The summed E-state index contributed by atoms with van der Waals surface area (Å²) in [4.78, 5) is 0. The highest BCUT2D eigenvalue weighted by Gasteiger charge is 2.13. The molecule has 6 heteroatoms. The third-order valence-corrected chi connectivity index (χ3v) is 5.85. The molecule has 0 heterocycles. The molecule has 0 radical (unpaired) electrons. The van der Waals surface area contributed by atoms with Crippen molar-refractivity contribution in [1.82, 2.24) is 0 Å². The van der Waals surface area contributed by atoms with Crippen LogP contribution in [0, 0.1) is 23.3 Å². The highest BCUT2D eigenvalue weighted by molar-refractivity contribution is 6.30. The van der Waals surface area contributed by atoms with E-state index in [-0.39, 0.29) is 12.8 Å². The van der Waals surface area contributed by atoms with Crippen LogP contribution in [-0.4, -0.2) is 6.61 Å². The van der Waals surface area contributed by atoms with Crippen molar-refractivity contribution >= 4 is 22.4 Å². The first-order chi connectivity index (χ1) is 15.9. The zero-order valence-corrected chi connectivity index (χ0v) is 18.7. The monoisotopic (exact) mass is 472 g/mol. The Hall–Kier alpha value is -3.05. The summed E-state index contributed by atoms with van der Waals surface area (Å²) in [6.45, 7) is 2.49. The highest BCUT2D eigenvalue weighted by atomic mass is 35.5. The number of hydrogen-bond acceptors (Lipinski definition) is 1. The SMILES string of the molecule is CCCOc1ccc(-c2ccc3c(F)c(CCc4cc(F)c(Cl)c(F)c4)ccc3c2)c(F)c1. The van der Waals surface area contributed by atoms with E-state index >= 15 is 4.39 Å². The third kappa shape index (κ3) is 4.98. The highest BCUT2D eigenvalue weighted by Crippen LogP contribution is 2.31. The summed E-state index contributed by atoms with van der Waals surface area (Å²) in [5.74, 6) is -2.03. The van der Waals surface area contributed by atoms with Crippen molar-refractivity contribution in [3.63, 3.8) is 0 Å². The molecule has 33 heavy (non-hydrogen) atoms. The van der Waals surface area contributed by atoms with Gasteiger partial charge in [0.25, 0.3) is 0 Å². The van der Waals surface area contributed by atoms with Gasteiger partial charge in [0.1, 0.15) is 34.0 Å². The Bertz CT molecular complexity index is 1300. The Balaban J connectivity index is 1.58. The van der Waals surface area contributed by atoms with Gasteiger partial charge in [0.05, 0.1) is 6.61 Å². The van der Waals surface area contributed by atoms with Gasteiger partial charge in [0, 0.05) is 17.0 Å². The Labute approximate surface area is 194 Å². The fourth-order valence-electron chi connectivity index (χ4n) is 3.77. The van der Waals surface area contributed by atoms with Crippen molar-refractivity contribution in [2.45, 2.75) is 26.2 Å². The molecule has 0 aliphatic heterocycles. The van der Waals surface area contributed by atoms with Crippen molar-refractivity contribution in [3.8, 4) is 16.9 Å². The Morgan fingerprint density at radius 2 is 1.55 bits per heavy atom. The minimum Gasteiger partial charge on any atom is -0.494 e. The van der Waals surface area contributed by atoms with Gasteiger partial charge >= 0.3 is 0 Å². The van der Waals surface area contributed by atoms with Crippen molar-refractivity contribution in [1.29, 1.82) is 0 Å². The number of rotatable bonds is 7. The van der Waals surface area contributed by atoms with Crippen LogP contribution < -0.4 is 4.74 Å². The molecule has 0 unspecified atom stereocenters. The molecule has 0 spiro atoms. The Morgan fingerprint density at radius 1 is 0.788 bits per heavy atom. The molecule has 0 amide bonds. The van der Waals surface area contributed by atoms with Crippen LogP contribution in [0.2, 0.25) is 5.02 Å². The first-order valence-corrected chi connectivity index (χ1v) is 11.0. The van der Waals surface area contributed by atoms with Gasteiger partial charge in [-0.1, -0.05) is 42.8 Å². The summed E-state index contributed by atoms with van der Waals surface area (Å²) < 4.78 is 62.5. The first kappa shape index (κ1) is 23.1. The molecule has 170 valence electrons. The van der Waals surface area contributed by atoms with E-state index in [1.807, 2.05) is 6.92 Å². The molecule has 0 aromatic heterocycles. The van der Waals surface area contributed by atoms with Crippen molar-refractivity contribution in [2.24, 2.45) is 0 Å². The summed E-state index contributed by atoms with van der Waals surface area (Å²) in [7, 11) is 0. The van der Waals surface area contributed by atoms with Gasteiger partial charge < -0.3 is 4.74 Å². The van der Waals surface area contributed by atoms with Crippen molar-refractivity contribution in [2.75, 3.05) is 6.61 Å². The summed E-state index contributed by atoms with van der Waals surface area (Å²) in [6, 6.07) is 15.4. The van der Waals surface area contributed by atoms with E-state index < -0.39 is 28.3 Å². The molecule has 0 fully saturated rings. The van der Waals surface area contributed by atoms with E-state index in [9.17, 15) is 13.2 Å². The molecule has 0 saturated heterocycles. The molecule has 4 aromatic carbocycles. The molecule has 0 atom stereocenters. The lowest BCUT2D eigenvalue weighted by molar-refractivity contribution is 0.316. The molecular weight excluding hydrogens is 452 g/mol. The summed E-state index contributed by atoms with van der Waals surface area (Å²) in [5, 5.41) is 0.474. The predicted molar refractivity (Wildman–Crippen MR) is 124 cm³/mol. The second-order valence-electron chi connectivity index (χ2n) is 7.84. The second kappa shape index (κ2) is 9.84. The molecule has 0 aliphatic carbocycles. The van der Waals surface area contributed by atoms with Gasteiger partial charge in [0.15, 0.2) is 0 Å². The first-order valence-electron chi connectivity index (χ1n) is 10.6. The van der Waals surface area contributed by atoms with Gasteiger partial charge in [-0.25, -0.2) is 17.6 Å². The maximum Gasteiger partial charge on any atom is 0.145 e. The maximum absolute atomic E-state index is 15.1. The molecule has 0 aliphatic rings. The zero-order valence-electron chi connectivity index (χ0n) is 17.9. The fraction of sp³-hybridized carbons (Fsp3) is 0.185. The minimum absolute atomic E-state index is 0.253. The van der Waals surface area contributed by atoms with Gasteiger partial charge in [-0.3, -0.25) is 0 Å². The minimum atomic E-state index is -0.838. The Kier molecular flexibility index (Phi) is 6.89. The van der Waals surface area contributed by atoms with Crippen LogP contribution in [0.5, 0.6) is 5.75 Å². The molecular formula is C27H21ClF4O. The van der Waals surface area contributed by atoms with E-state index in [0.717, 1.165) is 18.6 Å². The number of ether oxygens (including phenoxy) is 1. The number of hydrogen-bond donors (Lipinski definition) is 0. The van der Waals surface area contributed by atoms with Gasteiger partial charge in [-0.2, -0.15) is 0 Å². The average Bonchev–Trinajstić information content (AvgIpc) is 2.80. The smallest absolute Gasteiger partial charge is 0.145 e. The van der Waals surface area contributed by atoms with Gasteiger partial charge in [0.2, 0.25) is 0 Å². The van der Waals surface area contributed by atoms with Crippen LogP contribution >= 0.6 is 11.6 Å². The average molecular weight is 473 g/mol. The normalized spacial score (nSPS) is 11.2. The van der Waals surface area contributed by atoms with Crippen LogP contribution in [0.4, 0.5) is 17.6 Å². The second-order valence-corrected chi connectivity index (χ2v) is 8.22. The largest absolute Gasteiger partial charge is 0.494 e. The lowest BCUT2D eigenvalue weighted by Gasteiger charge is -2.11. The molecule has 4 rings (SSSR count). The van der Waals surface area contributed by atoms with Crippen LogP contribution in [0.25, 0.3) is 21.9 Å². The predicted octanol–water partition coefficient (Wildman–Crippen LogP) is 8.29. The number of halogens is 5. The lowest BCUT2D eigenvalue weighted by Crippen LogP contribution is -1.98. The van der Waals surface area contributed by atoms with E-state index in [2.05, 4.69) is 0 Å². The third-order valence-electron chi connectivity index (χ3n) is 5.49. The van der Waals surface area contributed by atoms with E-state index in [0.29, 0.717) is 45.4 Å². The van der Waals surface area contributed by atoms with Crippen LogP contribution in [0.15, 0.2) is 60.7 Å². The number of fused-ring (bicyclic) bond motifs is 1. The van der Waals surface area contributed by atoms with Crippen LogP contribution in [0.1, 0.15) is 24.5 Å². The van der Waals surface area contributed by atoms with Gasteiger partial charge in [-0.15, -0.1) is 0 Å². The van der Waals surface area contributed by atoms with E-state index in [1.165, 1.54) is 6.07 Å². The van der Waals surface area contributed by atoms with Gasteiger partial charge in [-0.05, 0) is 71.7 Å². The van der Waals surface area contributed by atoms with Crippen LogP contribution in [-0.2, 0) is 12.8 Å². The lowest BCUT2D eigenvalue weighted by atomic mass is 9.97. The molecule has 0 bridgehead atoms. The summed E-state index contributed by atoms with van der Waals surface area (Å²) >= 11 is 5.51. The number of aryl methyl sites for hydroxylation is 2. The van der Waals surface area contributed by atoms with E-state index in [1.54, 1.807) is 42.5 Å². The topological polar surface area (TPSA) is 9.23 Å². The maximum atomic E-state index is 15.1.